The summed E-state index contributed by atoms with van der Waals surface area (Å²) in [6, 6.07) is 8.35. The molecule has 0 spiro atoms. The van der Waals surface area contributed by atoms with E-state index >= 15 is 0 Å². The lowest BCUT2D eigenvalue weighted by Crippen LogP contribution is -1.90. The molecule has 1 heterocycles. The summed E-state index contributed by atoms with van der Waals surface area (Å²) < 4.78 is 13.9. The summed E-state index contributed by atoms with van der Waals surface area (Å²) in [5, 5.41) is 1.84. The van der Waals surface area contributed by atoms with Crippen LogP contribution in [0, 0.1) is 8.70 Å². The van der Waals surface area contributed by atoms with Crippen LogP contribution in [0.4, 0.5) is 4.39 Å². The van der Waals surface area contributed by atoms with Gasteiger partial charge in [-0.3, -0.25) is 0 Å². The standard InChI is InChI=1S/C11H7ClFIS/c12-11(8-5-10(14)15-6-8)7-1-3-9(13)4-2-7/h1-6,11H. The van der Waals surface area contributed by atoms with Crippen LogP contribution in [-0.4, -0.2) is 0 Å². The molecule has 78 valence electrons. The van der Waals surface area contributed by atoms with Gasteiger partial charge in [0.15, 0.2) is 0 Å². The number of rotatable bonds is 2. The van der Waals surface area contributed by atoms with Gasteiger partial charge in [0, 0.05) is 0 Å². The number of hydrogen-bond acceptors (Lipinski definition) is 1. The Morgan fingerprint density at radius 1 is 1.20 bits per heavy atom. The third-order valence-electron chi connectivity index (χ3n) is 2.04. The van der Waals surface area contributed by atoms with Gasteiger partial charge in [0.1, 0.15) is 5.82 Å². The van der Waals surface area contributed by atoms with E-state index in [1.54, 1.807) is 23.5 Å². The number of alkyl halides is 1. The highest BCUT2D eigenvalue weighted by Crippen LogP contribution is 2.32. The van der Waals surface area contributed by atoms with Crippen molar-refractivity contribution in [3.8, 4) is 0 Å². The van der Waals surface area contributed by atoms with E-state index in [1.165, 1.54) is 15.0 Å². The summed E-state index contributed by atoms with van der Waals surface area (Å²) in [6.07, 6.45) is 0. The molecule has 1 aromatic heterocycles. The maximum Gasteiger partial charge on any atom is 0.123 e. The monoisotopic (exact) mass is 352 g/mol. The lowest BCUT2D eigenvalue weighted by Gasteiger charge is -2.07. The van der Waals surface area contributed by atoms with Crippen LogP contribution in [-0.2, 0) is 0 Å². The van der Waals surface area contributed by atoms with Gasteiger partial charge in [0.2, 0.25) is 0 Å². The first-order valence-corrected chi connectivity index (χ1v) is 6.70. The van der Waals surface area contributed by atoms with E-state index in [0.717, 1.165) is 11.1 Å². The lowest BCUT2D eigenvalue weighted by molar-refractivity contribution is 0.627. The highest BCUT2D eigenvalue weighted by atomic mass is 127. The molecular weight excluding hydrogens is 346 g/mol. The summed E-state index contributed by atoms with van der Waals surface area (Å²) in [5.41, 5.74) is 1.99. The largest absolute Gasteiger partial charge is 0.207 e. The Labute approximate surface area is 110 Å². The van der Waals surface area contributed by atoms with Crippen LogP contribution in [0.25, 0.3) is 0 Å². The molecule has 1 atom stereocenters. The molecule has 0 saturated heterocycles. The van der Waals surface area contributed by atoms with Crippen LogP contribution >= 0.6 is 45.5 Å². The van der Waals surface area contributed by atoms with Crippen LogP contribution in [0.5, 0.6) is 0 Å². The van der Waals surface area contributed by atoms with E-state index in [4.69, 9.17) is 11.6 Å². The summed E-state index contributed by atoms with van der Waals surface area (Å²) in [6.45, 7) is 0. The van der Waals surface area contributed by atoms with Gasteiger partial charge in [-0.25, -0.2) is 4.39 Å². The molecule has 0 nitrogen and oxygen atoms in total. The van der Waals surface area contributed by atoms with Crippen molar-refractivity contribution < 1.29 is 4.39 Å². The average molecular weight is 353 g/mol. The number of hydrogen-bond donors (Lipinski definition) is 0. The molecule has 0 aliphatic rings. The zero-order valence-electron chi connectivity index (χ0n) is 7.58. The van der Waals surface area contributed by atoms with Crippen LogP contribution in [0.15, 0.2) is 35.7 Å². The second-order valence-electron chi connectivity index (χ2n) is 3.10. The molecule has 2 aromatic rings. The van der Waals surface area contributed by atoms with Gasteiger partial charge in [0.05, 0.1) is 8.26 Å². The van der Waals surface area contributed by atoms with Gasteiger partial charge in [-0.2, -0.15) is 0 Å². The Hall–Kier alpha value is -0.130. The van der Waals surface area contributed by atoms with Crippen molar-refractivity contribution in [3.63, 3.8) is 0 Å². The van der Waals surface area contributed by atoms with E-state index in [2.05, 4.69) is 22.6 Å². The van der Waals surface area contributed by atoms with Crippen molar-refractivity contribution in [1.82, 2.24) is 0 Å². The predicted molar refractivity (Wildman–Crippen MR) is 71.1 cm³/mol. The van der Waals surface area contributed by atoms with Crippen molar-refractivity contribution in [1.29, 1.82) is 0 Å². The molecule has 1 unspecified atom stereocenters. The third-order valence-corrected chi connectivity index (χ3v) is 4.35. The minimum Gasteiger partial charge on any atom is -0.207 e. The highest BCUT2D eigenvalue weighted by molar-refractivity contribution is 14.1. The minimum absolute atomic E-state index is 0.189. The van der Waals surface area contributed by atoms with Gasteiger partial charge in [-0.15, -0.1) is 22.9 Å². The Morgan fingerprint density at radius 2 is 1.87 bits per heavy atom. The van der Waals surface area contributed by atoms with E-state index < -0.39 is 0 Å². The van der Waals surface area contributed by atoms with Crippen molar-refractivity contribution in [2.45, 2.75) is 5.38 Å². The quantitative estimate of drug-likeness (QED) is 0.537. The van der Waals surface area contributed by atoms with Gasteiger partial charge >= 0.3 is 0 Å². The molecule has 0 radical (unpaired) electrons. The fourth-order valence-electron chi connectivity index (χ4n) is 1.28. The normalized spacial score (nSPS) is 12.7. The number of halogens is 3. The Balaban J connectivity index is 2.28. The number of thiophene rings is 1. The van der Waals surface area contributed by atoms with Crippen molar-refractivity contribution >= 4 is 45.5 Å². The van der Waals surface area contributed by atoms with Gasteiger partial charge in [0.25, 0.3) is 0 Å². The van der Waals surface area contributed by atoms with Crippen molar-refractivity contribution in [3.05, 3.63) is 55.5 Å². The molecule has 1 aromatic carbocycles. The fraction of sp³-hybridized carbons (Fsp3) is 0.0909. The molecule has 0 amide bonds. The summed E-state index contributed by atoms with van der Waals surface area (Å²) in [4.78, 5) is 0. The van der Waals surface area contributed by atoms with Crippen LogP contribution < -0.4 is 0 Å². The molecule has 2 rings (SSSR count). The van der Waals surface area contributed by atoms with Crippen LogP contribution in [0.1, 0.15) is 16.5 Å². The maximum atomic E-state index is 12.7. The molecule has 0 fully saturated rings. The topological polar surface area (TPSA) is 0 Å². The predicted octanol–water partition coefficient (Wildman–Crippen LogP) is 4.82. The summed E-state index contributed by atoms with van der Waals surface area (Å²) in [5.74, 6) is -0.234. The van der Waals surface area contributed by atoms with Crippen molar-refractivity contribution in [2.75, 3.05) is 0 Å². The van der Waals surface area contributed by atoms with E-state index in [9.17, 15) is 4.39 Å². The lowest BCUT2D eigenvalue weighted by atomic mass is 10.1. The molecule has 0 saturated carbocycles. The summed E-state index contributed by atoms with van der Waals surface area (Å²) >= 11 is 10.2. The Bertz CT molecular complexity index is 452. The fourth-order valence-corrected chi connectivity index (χ4v) is 3.02. The first kappa shape index (κ1) is 11.4. The van der Waals surface area contributed by atoms with Crippen LogP contribution in [0.3, 0.4) is 0 Å². The molecule has 4 heteroatoms. The minimum atomic E-state index is -0.234. The SMILES string of the molecule is Fc1ccc(C(Cl)c2csc(I)c2)cc1. The van der Waals surface area contributed by atoms with Gasteiger partial charge < -0.3 is 0 Å². The summed E-state index contributed by atoms with van der Waals surface area (Å²) in [7, 11) is 0. The highest BCUT2D eigenvalue weighted by Gasteiger charge is 2.12. The second-order valence-corrected chi connectivity index (χ2v) is 6.34. The maximum absolute atomic E-state index is 12.7. The zero-order chi connectivity index (χ0) is 10.8. The molecule has 0 aliphatic carbocycles. The van der Waals surface area contributed by atoms with Crippen LogP contribution in [0.2, 0.25) is 0 Å². The molecule has 0 N–H and O–H groups in total. The molecule has 0 bridgehead atoms. The van der Waals surface area contributed by atoms with Gasteiger partial charge in [-0.05, 0) is 57.3 Å². The van der Waals surface area contributed by atoms with E-state index in [0.29, 0.717) is 0 Å². The Morgan fingerprint density at radius 3 is 2.40 bits per heavy atom. The average Bonchev–Trinajstić information content (AvgIpc) is 2.65. The first-order valence-electron chi connectivity index (χ1n) is 4.30. The first-order chi connectivity index (χ1) is 7.16. The molecular formula is C11H7ClFIS. The molecule has 0 aliphatic heterocycles. The zero-order valence-corrected chi connectivity index (χ0v) is 11.3. The third kappa shape index (κ3) is 2.71. The second kappa shape index (κ2) is 4.80. The van der Waals surface area contributed by atoms with Crippen molar-refractivity contribution in [2.24, 2.45) is 0 Å². The number of benzene rings is 1. The van der Waals surface area contributed by atoms with Gasteiger partial charge in [-0.1, -0.05) is 12.1 Å². The smallest absolute Gasteiger partial charge is 0.123 e. The molecule has 15 heavy (non-hydrogen) atoms. The van der Waals surface area contributed by atoms with E-state index in [-0.39, 0.29) is 11.2 Å². The van der Waals surface area contributed by atoms with E-state index in [1.807, 2.05) is 11.4 Å². The Kier molecular flexibility index (Phi) is 3.64.